The van der Waals surface area contributed by atoms with Gasteiger partial charge in [0.2, 0.25) is 0 Å². The van der Waals surface area contributed by atoms with Crippen LogP contribution in [0.3, 0.4) is 0 Å². The van der Waals surface area contributed by atoms with Crippen molar-refractivity contribution in [2.75, 3.05) is 0 Å². The third-order valence-corrected chi connectivity index (χ3v) is 5.25. The van der Waals surface area contributed by atoms with Crippen molar-refractivity contribution in [3.63, 3.8) is 0 Å². The molecule has 1 saturated carbocycles. The molecule has 0 amide bonds. The van der Waals surface area contributed by atoms with Crippen LogP contribution in [0.1, 0.15) is 64.6 Å². The van der Waals surface area contributed by atoms with Crippen LogP contribution in [0.2, 0.25) is 0 Å². The number of rotatable bonds is 1. The van der Waals surface area contributed by atoms with Crippen molar-refractivity contribution in [3.8, 4) is 0 Å². The Hall–Kier alpha value is -0.410. The van der Waals surface area contributed by atoms with Crippen molar-refractivity contribution in [1.29, 1.82) is 0 Å². The molecular formula is C14H24N2S. The van der Waals surface area contributed by atoms with Gasteiger partial charge in [-0.1, -0.05) is 41.0 Å². The predicted octanol–water partition coefficient (Wildman–Crippen LogP) is 3.80. The van der Waals surface area contributed by atoms with E-state index in [2.05, 4.69) is 40.0 Å². The maximum Gasteiger partial charge on any atom is 0.113 e. The van der Waals surface area contributed by atoms with E-state index in [1.54, 1.807) is 11.3 Å². The molecule has 0 saturated heterocycles. The maximum atomic E-state index is 6.66. The minimum absolute atomic E-state index is 0.119. The van der Waals surface area contributed by atoms with Gasteiger partial charge < -0.3 is 5.73 Å². The van der Waals surface area contributed by atoms with E-state index in [1.807, 2.05) is 0 Å². The van der Waals surface area contributed by atoms with Gasteiger partial charge in [-0.05, 0) is 18.3 Å². The summed E-state index contributed by atoms with van der Waals surface area (Å²) in [6.45, 7) is 11.2. The van der Waals surface area contributed by atoms with Gasteiger partial charge in [0.1, 0.15) is 5.01 Å². The second-order valence-corrected chi connectivity index (χ2v) is 7.85. The first-order valence-corrected chi connectivity index (χ1v) is 7.30. The summed E-state index contributed by atoms with van der Waals surface area (Å²) in [7, 11) is 0. The molecule has 2 N–H and O–H groups in total. The molecule has 1 fully saturated rings. The molecule has 1 aromatic heterocycles. The van der Waals surface area contributed by atoms with Gasteiger partial charge in [-0.3, -0.25) is 0 Å². The molecule has 1 aromatic rings. The molecule has 1 aliphatic carbocycles. The van der Waals surface area contributed by atoms with Crippen LogP contribution in [0.15, 0.2) is 5.38 Å². The summed E-state index contributed by atoms with van der Waals surface area (Å²) in [6.07, 6.45) is 3.49. The van der Waals surface area contributed by atoms with E-state index in [0.717, 1.165) is 11.4 Å². The highest BCUT2D eigenvalue weighted by atomic mass is 32.1. The van der Waals surface area contributed by atoms with Crippen LogP contribution in [0, 0.1) is 5.41 Å². The van der Waals surface area contributed by atoms with E-state index in [9.17, 15) is 0 Å². The number of nitrogens with two attached hydrogens (primary N) is 1. The second-order valence-electron chi connectivity index (χ2n) is 7.00. The van der Waals surface area contributed by atoms with Crippen LogP contribution in [-0.2, 0) is 11.0 Å². The van der Waals surface area contributed by atoms with Gasteiger partial charge in [0, 0.05) is 10.8 Å². The third-order valence-electron chi connectivity index (χ3n) is 4.23. The summed E-state index contributed by atoms with van der Waals surface area (Å²) in [4.78, 5) is 4.82. The van der Waals surface area contributed by atoms with Gasteiger partial charge in [-0.25, -0.2) is 4.98 Å². The average molecular weight is 252 g/mol. The fraction of sp³-hybridized carbons (Fsp3) is 0.786. The van der Waals surface area contributed by atoms with Crippen LogP contribution in [-0.4, -0.2) is 4.98 Å². The zero-order valence-electron chi connectivity index (χ0n) is 11.6. The van der Waals surface area contributed by atoms with Crippen molar-refractivity contribution >= 4 is 11.3 Å². The predicted molar refractivity (Wildman–Crippen MR) is 74.3 cm³/mol. The molecule has 96 valence electrons. The highest BCUT2D eigenvalue weighted by molar-refractivity contribution is 7.09. The number of hydrogen-bond donors (Lipinski definition) is 1. The molecule has 17 heavy (non-hydrogen) atoms. The molecule has 0 bridgehead atoms. The van der Waals surface area contributed by atoms with Crippen LogP contribution < -0.4 is 5.73 Å². The SMILES string of the molecule is CC(C)(C)c1csc(C2(N)CCCC2(C)C)n1. The molecule has 0 radical (unpaired) electrons. The number of aromatic nitrogens is 1. The number of nitrogens with zero attached hydrogens (tertiary/aromatic N) is 1. The molecule has 3 heteroatoms. The summed E-state index contributed by atoms with van der Waals surface area (Å²) in [6, 6.07) is 0. The molecule has 1 unspecified atom stereocenters. The normalized spacial score (nSPS) is 28.6. The molecule has 1 atom stereocenters. The van der Waals surface area contributed by atoms with Crippen LogP contribution >= 0.6 is 11.3 Å². The highest BCUT2D eigenvalue weighted by Crippen LogP contribution is 2.51. The quantitative estimate of drug-likeness (QED) is 0.825. The Morgan fingerprint density at radius 1 is 1.29 bits per heavy atom. The van der Waals surface area contributed by atoms with Crippen molar-refractivity contribution < 1.29 is 0 Å². The van der Waals surface area contributed by atoms with Crippen LogP contribution in [0.25, 0.3) is 0 Å². The average Bonchev–Trinajstić information content (AvgIpc) is 2.72. The van der Waals surface area contributed by atoms with E-state index in [-0.39, 0.29) is 16.4 Å². The monoisotopic (exact) mass is 252 g/mol. The molecule has 1 aliphatic rings. The van der Waals surface area contributed by atoms with Crippen LogP contribution in [0.4, 0.5) is 0 Å². The van der Waals surface area contributed by atoms with Gasteiger partial charge in [0.05, 0.1) is 11.2 Å². The Labute approximate surface area is 109 Å². The van der Waals surface area contributed by atoms with Gasteiger partial charge >= 0.3 is 0 Å². The summed E-state index contributed by atoms with van der Waals surface area (Å²) < 4.78 is 0. The molecule has 0 spiro atoms. The zero-order valence-corrected chi connectivity index (χ0v) is 12.4. The molecule has 0 aliphatic heterocycles. The molecule has 1 heterocycles. The first kappa shape index (κ1) is 13.0. The summed E-state index contributed by atoms with van der Waals surface area (Å²) in [5, 5.41) is 3.31. The highest BCUT2D eigenvalue weighted by Gasteiger charge is 2.49. The Morgan fingerprint density at radius 2 is 1.94 bits per heavy atom. The minimum Gasteiger partial charge on any atom is -0.319 e. The Balaban J connectivity index is 2.38. The number of thiazole rings is 1. The fourth-order valence-electron chi connectivity index (χ4n) is 2.59. The topological polar surface area (TPSA) is 38.9 Å². The lowest BCUT2D eigenvalue weighted by Gasteiger charge is -2.36. The first-order valence-electron chi connectivity index (χ1n) is 6.42. The lowest BCUT2D eigenvalue weighted by atomic mass is 9.76. The fourth-order valence-corrected chi connectivity index (χ4v) is 3.96. The Bertz CT molecular complexity index is 414. The molecule has 2 rings (SSSR count). The third kappa shape index (κ3) is 2.04. The van der Waals surface area contributed by atoms with Gasteiger partial charge in [-0.2, -0.15) is 0 Å². The Morgan fingerprint density at radius 3 is 2.35 bits per heavy atom. The summed E-state index contributed by atoms with van der Waals surface area (Å²) >= 11 is 1.74. The zero-order chi connectivity index (χ0) is 12.9. The van der Waals surface area contributed by atoms with E-state index in [0.29, 0.717) is 0 Å². The van der Waals surface area contributed by atoms with Crippen molar-refractivity contribution in [2.24, 2.45) is 11.1 Å². The smallest absolute Gasteiger partial charge is 0.113 e. The lowest BCUT2D eigenvalue weighted by molar-refractivity contribution is 0.209. The largest absolute Gasteiger partial charge is 0.319 e. The van der Waals surface area contributed by atoms with E-state index >= 15 is 0 Å². The van der Waals surface area contributed by atoms with E-state index < -0.39 is 0 Å². The molecule has 0 aromatic carbocycles. The summed E-state index contributed by atoms with van der Waals surface area (Å²) in [5.74, 6) is 0. The van der Waals surface area contributed by atoms with E-state index in [1.165, 1.54) is 18.5 Å². The molecular weight excluding hydrogens is 228 g/mol. The van der Waals surface area contributed by atoms with Crippen LogP contribution in [0.5, 0.6) is 0 Å². The van der Waals surface area contributed by atoms with Crippen molar-refractivity contribution in [1.82, 2.24) is 4.98 Å². The number of hydrogen-bond acceptors (Lipinski definition) is 3. The second kappa shape index (κ2) is 3.79. The lowest BCUT2D eigenvalue weighted by Crippen LogP contribution is -2.45. The standard InChI is InChI=1S/C14H24N2S/c1-12(2,3)10-9-17-11(16-10)14(15)8-6-7-13(14,4)5/h9H,6-8,15H2,1-5H3. The van der Waals surface area contributed by atoms with Crippen molar-refractivity contribution in [2.45, 2.75) is 64.8 Å². The minimum atomic E-state index is -0.221. The van der Waals surface area contributed by atoms with E-state index in [4.69, 9.17) is 10.7 Å². The maximum absolute atomic E-state index is 6.66. The summed E-state index contributed by atoms with van der Waals surface area (Å²) in [5.41, 5.74) is 7.90. The first-order chi connectivity index (χ1) is 7.67. The Kier molecular flexibility index (Phi) is 2.91. The van der Waals surface area contributed by atoms with Gasteiger partial charge in [-0.15, -0.1) is 11.3 Å². The molecule has 2 nitrogen and oxygen atoms in total. The van der Waals surface area contributed by atoms with Gasteiger partial charge in [0.25, 0.3) is 0 Å². The van der Waals surface area contributed by atoms with Gasteiger partial charge in [0.15, 0.2) is 0 Å². The van der Waals surface area contributed by atoms with Crippen molar-refractivity contribution in [3.05, 3.63) is 16.1 Å².